The Hall–Kier alpha value is -3.44. The van der Waals surface area contributed by atoms with E-state index in [1.165, 1.54) is 17.4 Å². The summed E-state index contributed by atoms with van der Waals surface area (Å²) in [4.78, 5) is 50.0. The van der Waals surface area contributed by atoms with E-state index in [0.717, 1.165) is 25.7 Å². The van der Waals surface area contributed by atoms with E-state index in [4.69, 9.17) is 0 Å². The Labute approximate surface area is 197 Å². The van der Waals surface area contributed by atoms with E-state index in [9.17, 15) is 19.6 Å². The number of nitrogens with zero attached hydrogens (tertiary/aromatic N) is 5. The summed E-state index contributed by atoms with van der Waals surface area (Å²) < 4.78 is 0. The van der Waals surface area contributed by atoms with Crippen LogP contribution in [0.15, 0.2) is 36.8 Å². The lowest BCUT2D eigenvalue weighted by Gasteiger charge is -2.29. The number of hydrogen-bond acceptors (Lipinski definition) is 8. The van der Waals surface area contributed by atoms with Crippen LogP contribution in [0.25, 0.3) is 11.5 Å². The standard InChI is InChI=1S/C23H29N7O4/c31-15-29(34)14-17(11-16-5-1-2-6-16)23(33)30-20(8-10-27-30)22(32)28-18-12-25-21(26-13-18)19-7-3-4-9-24-19/h3-4,7,9,12-13,15-17,20,27,34H,1-2,5-6,8,10-11,14H2,(H,28,32)/t17-,20+/m1/s1. The lowest BCUT2D eigenvalue weighted by atomic mass is 9.92. The molecule has 1 saturated heterocycles. The van der Waals surface area contributed by atoms with Crippen LogP contribution < -0.4 is 10.7 Å². The molecule has 3 amide bonds. The third-order valence-electron chi connectivity index (χ3n) is 6.34. The van der Waals surface area contributed by atoms with Gasteiger partial charge in [0.25, 0.3) is 0 Å². The molecular weight excluding hydrogens is 438 g/mol. The van der Waals surface area contributed by atoms with E-state index in [1.807, 2.05) is 6.07 Å². The first-order chi connectivity index (χ1) is 16.5. The van der Waals surface area contributed by atoms with Gasteiger partial charge in [-0.1, -0.05) is 31.7 Å². The number of pyridine rings is 1. The molecule has 0 radical (unpaired) electrons. The SMILES string of the molecule is O=CN(O)C[C@@H](CC1CCCC1)C(=O)N1NCC[C@H]1C(=O)Nc1cnc(-c2ccccn2)nc1. The predicted octanol–water partition coefficient (Wildman–Crippen LogP) is 1.63. The molecule has 2 atom stereocenters. The third kappa shape index (κ3) is 5.72. The predicted molar refractivity (Wildman–Crippen MR) is 122 cm³/mol. The summed E-state index contributed by atoms with van der Waals surface area (Å²) in [5.74, 6) is -0.439. The van der Waals surface area contributed by atoms with Gasteiger partial charge in [0.2, 0.25) is 18.2 Å². The molecule has 2 aromatic heterocycles. The minimum absolute atomic E-state index is 0.103. The second-order valence-corrected chi connectivity index (χ2v) is 8.73. The number of rotatable bonds is 9. The molecule has 4 rings (SSSR count). The maximum absolute atomic E-state index is 13.4. The van der Waals surface area contributed by atoms with Gasteiger partial charge in [-0.2, -0.15) is 0 Å². The van der Waals surface area contributed by atoms with Crippen molar-refractivity contribution in [2.45, 2.75) is 44.6 Å². The van der Waals surface area contributed by atoms with Crippen molar-refractivity contribution in [3.8, 4) is 11.5 Å². The molecule has 0 unspecified atom stereocenters. The summed E-state index contributed by atoms with van der Waals surface area (Å²) in [6.45, 7) is 0.361. The number of carbonyl (C=O) groups excluding carboxylic acids is 3. The molecule has 1 saturated carbocycles. The van der Waals surface area contributed by atoms with Gasteiger partial charge in [-0.25, -0.2) is 20.5 Å². The highest BCUT2D eigenvalue weighted by atomic mass is 16.5. The van der Waals surface area contributed by atoms with Gasteiger partial charge >= 0.3 is 0 Å². The van der Waals surface area contributed by atoms with Gasteiger partial charge in [0, 0.05) is 12.7 Å². The molecule has 0 bridgehead atoms. The van der Waals surface area contributed by atoms with Crippen molar-refractivity contribution in [2.24, 2.45) is 11.8 Å². The van der Waals surface area contributed by atoms with Crippen molar-refractivity contribution in [1.82, 2.24) is 30.4 Å². The van der Waals surface area contributed by atoms with Gasteiger partial charge in [0.05, 0.1) is 30.5 Å². The van der Waals surface area contributed by atoms with Crippen LogP contribution in [-0.4, -0.2) is 67.6 Å². The van der Waals surface area contributed by atoms with Crippen LogP contribution in [-0.2, 0) is 14.4 Å². The third-order valence-corrected chi connectivity index (χ3v) is 6.34. The van der Waals surface area contributed by atoms with Gasteiger partial charge in [0.15, 0.2) is 5.82 Å². The van der Waals surface area contributed by atoms with Crippen LogP contribution in [0, 0.1) is 11.8 Å². The maximum Gasteiger partial charge on any atom is 0.248 e. The van der Waals surface area contributed by atoms with Crippen molar-refractivity contribution >= 4 is 23.9 Å². The first kappa shape index (κ1) is 23.7. The first-order valence-electron chi connectivity index (χ1n) is 11.6. The molecule has 3 N–H and O–H groups in total. The molecular formula is C23H29N7O4. The number of anilines is 1. The lowest BCUT2D eigenvalue weighted by Crippen LogP contribution is -2.51. The Morgan fingerprint density at radius 2 is 1.97 bits per heavy atom. The Bertz CT molecular complexity index is 983. The number of hydrogen-bond donors (Lipinski definition) is 3. The van der Waals surface area contributed by atoms with Gasteiger partial charge in [-0.05, 0) is 30.9 Å². The smallest absolute Gasteiger partial charge is 0.248 e. The number of aromatic nitrogens is 3. The van der Waals surface area contributed by atoms with Crippen molar-refractivity contribution in [3.63, 3.8) is 0 Å². The van der Waals surface area contributed by atoms with Gasteiger partial charge in [0.1, 0.15) is 11.7 Å². The molecule has 0 aromatic carbocycles. The monoisotopic (exact) mass is 467 g/mol. The number of carbonyl (C=O) groups is 3. The second-order valence-electron chi connectivity index (χ2n) is 8.73. The Morgan fingerprint density at radius 3 is 2.65 bits per heavy atom. The van der Waals surface area contributed by atoms with Crippen molar-refractivity contribution in [2.75, 3.05) is 18.4 Å². The average Bonchev–Trinajstić information content (AvgIpc) is 3.56. The molecule has 2 aliphatic rings. The molecule has 1 aliphatic carbocycles. The van der Waals surface area contributed by atoms with Gasteiger partial charge in [-0.15, -0.1) is 0 Å². The molecule has 180 valence electrons. The van der Waals surface area contributed by atoms with E-state index in [1.54, 1.807) is 18.3 Å². The fourth-order valence-corrected chi connectivity index (χ4v) is 4.65. The van der Waals surface area contributed by atoms with Crippen LogP contribution >= 0.6 is 0 Å². The van der Waals surface area contributed by atoms with E-state index in [0.29, 0.717) is 54.0 Å². The Kier molecular flexibility index (Phi) is 7.76. The number of amides is 3. The quantitative estimate of drug-likeness (QED) is 0.287. The zero-order chi connectivity index (χ0) is 23.9. The minimum Gasteiger partial charge on any atom is -0.322 e. The Balaban J connectivity index is 1.42. The van der Waals surface area contributed by atoms with Crippen LogP contribution in [0.5, 0.6) is 0 Å². The van der Waals surface area contributed by atoms with E-state index >= 15 is 0 Å². The van der Waals surface area contributed by atoms with E-state index in [2.05, 4.69) is 25.7 Å². The largest absolute Gasteiger partial charge is 0.322 e. The summed E-state index contributed by atoms with van der Waals surface area (Å²) in [5.41, 5.74) is 4.03. The minimum atomic E-state index is -0.725. The zero-order valence-corrected chi connectivity index (χ0v) is 18.8. The van der Waals surface area contributed by atoms with Crippen LogP contribution in [0.4, 0.5) is 5.69 Å². The molecule has 0 spiro atoms. The second kappa shape index (κ2) is 11.1. The summed E-state index contributed by atoms with van der Waals surface area (Å²) in [6.07, 6.45) is 10.3. The number of hydroxylamine groups is 2. The Morgan fingerprint density at radius 1 is 1.21 bits per heavy atom. The highest BCUT2D eigenvalue weighted by Gasteiger charge is 2.39. The van der Waals surface area contributed by atoms with Crippen molar-refractivity contribution in [3.05, 3.63) is 36.8 Å². The highest BCUT2D eigenvalue weighted by molar-refractivity contribution is 5.97. The summed E-state index contributed by atoms with van der Waals surface area (Å²) in [6, 6.07) is 4.71. The average molecular weight is 468 g/mol. The fourth-order valence-electron chi connectivity index (χ4n) is 4.65. The summed E-state index contributed by atoms with van der Waals surface area (Å²) in [5, 5.41) is 14.4. The van der Waals surface area contributed by atoms with Gasteiger partial charge < -0.3 is 5.32 Å². The van der Waals surface area contributed by atoms with Gasteiger partial charge in [-0.3, -0.25) is 29.6 Å². The summed E-state index contributed by atoms with van der Waals surface area (Å²) >= 11 is 0. The zero-order valence-electron chi connectivity index (χ0n) is 18.8. The number of nitrogens with one attached hydrogen (secondary N) is 2. The highest BCUT2D eigenvalue weighted by Crippen LogP contribution is 2.31. The molecule has 3 heterocycles. The van der Waals surface area contributed by atoms with Crippen LogP contribution in [0.1, 0.15) is 38.5 Å². The molecule has 1 aliphatic heterocycles. The van der Waals surface area contributed by atoms with E-state index < -0.39 is 12.0 Å². The molecule has 11 nitrogen and oxygen atoms in total. The molecule has 34 heavy (non-hydrogen) atoms. The fraction of sp³-hybridized carbons (Fsp3) is 0.478. The molecule has 2 fully saturated rings. The molecule has 2 aromatic rings. The normalized spacial score (nSPS) is 19.1. The molecule has 11 heteroatoms. The van der Waals surface area contributed by atoms with Crippen LogP contribution in [0.3, 0.4) is 0 Å². The lowest BCUT2D eigenvalue weighted by molar-refractivity contribution is -0.159. The first-order valence-corrected chi connectivity index (χ1v) is 11.6. The van der Waals surface area contributed by atoms with Crippen molar-refractivity contribution in [1.29, 1.82) is 0 Å². The topological polar surface area (TPSA) is 141 Å². The number of hydrazine groups is 1. The van der Waals surface area contributed by atoms with Crippen LogP contribution in [0.2, 0.25) is 0 Å². The van der Waals surface area contributed by atoms with E-state index in [-0.39, 0.29) is 18.4 Å². The maximum atomic E-state index is 13.4. The van der Waals surface area contributed by atoms with Crippen molar-refractivity contribution < 1.29 is 19.6 Å². The summed E-state index contributed by atoms with van der Waals surface area (Å²) in [7, 11) is 0.